The van der Waals surface area contributed by atoms with Gasteiger partial charge in [-0.15, -0.1) is 0 Å². The molecule has 0 atom stereocenters. The molecule has 1 aliphatic heterocycles. The Hall–Kier alpha value is -3.40. The molecule has 4 heteroatoms. The summed E-state index contributed by atoms with van der Waals surface area (Å²) in [7, 11) is 0. The van der Waals surface area contributed by atoms with Crippen LogP contribution in [0.2, 0.25) is 0 Å². The number of amides is 1. The van der Waals surface area contributed by atoms with Gasteiger partial charge in [0, 0.05) is 18.7 Å². The van der Waals surface area contributed by atoms with Crippen LogP contribution in [0.15, 0.2) is 78.9 Å². The summed E-state index contributed by atoms with van der Waals surface area (Å²) in [5.74, 6) is 0.793. The number of aryl methyl sites for hydroxylation is 2. The molecule has 0 aliphatic carbocycles. The lowest BCUT2D eigenvalue weighted by atomic mass is 9.99. The summed E-state index contributed by atoms with van der Waals surface area (Å²) in [5, 5.41) is 0. The van der Waals surface area contributed by atoms with Gasteiger partial charge in [-0.2, -0.15) is 0 Å². The van der Waals surface area contributed by atoms with Crippen molar-refractivity contribution in [3.63, 3.8) is 0 Å². The first kappa shape index (κ1) is 16.8. The summed E-state index contributed by atoms with van der Waals surface area (Å²) in [6.45, 7) is 1.45. The fraction of sp³-hybridized carbons (Fsp3) is 0.167. The van der Waals surface area contributed by atoms with E-state index in [1.807, 2.05) is 47.4 Å². The predicted octanol–water partition coefficient (Wildman–Crippen LogP) is 4.48. The van der Waals surface area contributed by atoms with Crippen molar-refractivity contribution >= 4 is 22.9 Å². The van der Waals surface area contributed by atoms with Gasteiger partial charge in [0.1, 0.15) is 0 Å². The van der Waals surface area contributed by atoms with E-state index in [1.54, 1.807) is 0 Å². The maximum absolute atomic E-state index is 13.4. The van der Waals surface area contributed by atoms with Crippen molar-refractivity contribution < 1.29 is 4.79 Å². The van der Waals surface area contributed by atoms with Crippen LogP contribution in [-0.2, 0) is 19.4 Å². The van der Waals surface area contributed by atoms with E-state index in [0.717, 1.165) is 47.5 Å². The third-order valence-electron chi connectivity index (χ3n) is 5.44. The third kappa shape index (κ3) is 2.87. The van der Waals surface area contributed by atoms with Gasteiger partial charge < -0.3 is 4.57 Å². The molecule has 3 aromatic carbocycles. The van der Waals surface area contributed by atoms with Gasteiger partial charge in [0.05, 0.1) is 11.0 Å². The van der Waals surface area contributed by atoms with Gasteiger partial charge in [-0.3, -0.25) is 9.69 Å². The first-order valence-corrected chi connectivity index (χ1v) is 9.70. The normalized spacial score (nSPS) is 13.1. The zero-order valence-corrected chi connectivity index (χ0v) is 15.6. The SMILES string of the molecule is O=C(c1ccccc1CCc1ccccc1)N1CCn2c1nc1ccccc12. The molecular formula is C24H21N3O. The van der Waals surface area contributed by atoms with Crippen molar-refractivity contribution in [3.8, 4) is 0 Å². The van der Waals surface area contributed by atoms with Crippen LogP contribution >= 0.6 is 0 Å². The number of aromatic nitrogens is 2. The molecule has 0 saturated carbocycles. The van der Waals surface area contributed by atoms with Crippen LogP contribution in [0.5, 0.6) is 0 Å². The molecule has 4 nitrogen and oxygen atoms in total. The second kappa shape index (κ2) is 6.97. The molecule has 5 rings (SSSR count). The largest absolute Gasteiger partial charge is 0.308 e. The number of rotatable bonds is 4. The van der Waals surface area contributed by atoms with E-state index in [4.69, 9.17) is 4.98 Å². The van der Waals surface area contributed by atoms with Crippen LogP contribution in [0.1, 0.15) is 21.5 Å². The number of carbonyl (C=O) groups is 1. The molecule has 1 amide bonds. The molecule has 1 aromatic heterocycles. The highest BCUT2D eigenvalue weighted by Crippen LogP contribution is 2.29. The summed E-state index contributed by atoms with van der Waals surface area (Å²) in [6, 6.07) is 26.4. The number of hydrogen-bond donors (Lipinski definition) is 0. The molecule has 0 radical (unpaired) electrons. The second-order valence-corrected chi connectivity index (χ2v) is 7.15. The lowest BCUT2D eigenvalue weighted by Gasteiger charge is -2.16. The van der Waals surface area contributed by atoms with E-state index in [9.17, 15) is 4.79 Å². The van der Waals surface area contributed by atoms with Gasteiger partial charge in [0.2, 0.25) is 5.95 Å². The van der Waals surface area contributed by atoms with E-state index in [0.29, 0.717) is 6.54 Å². The van der Waals surface area contributed by atoms with E-state index < -0.39 is 0 Å². The van der Waals surface area contributed by atoms with Crippen molar-refractivity contribution in [1.29, 1.82) is 0 Å². The van der Waals surface area contributed by atoms with Gasteiger partial charge in [-0.25, -0.2) is 4.98 Å². The fourth-order valence-electron chi connectivity index (χ4n) is 4.00. The van der Waals surface area contributed by atoms with Gasteiger partial charge in [0.25, 0.3) is 5.91 Å². The summed E-state index contributed by atoms with van der Waals surface area (Å²) in [6.07, 6.45) is 1.76. The Labute approximate surface area is 164 Å². The highest BCUT2D eigenvalue weighted by molar-refractivity contribution is 6.07. The van der Waals surface area contributed by atoms with Gasteiger partial charge in [0.15, 0.2) is 0 Å². The van der Waals surface area contributed by atoms with Crippen molar-refractivity contribution in [2.45, 2.75) is 19.4 Å². The molecule has 0 fully saturated rings. The quantitative estimate of drug-likeness (QED) is 0.533. The summed E-state index contributed by atoms with van der Waals surface area (Å²) in [4.78, 5) is 19.9. The monoisotopic (exact) mass is 367 g/mol. The van der Waals surface area contributed by atoms with Crippen LogP contribution in [-0.4, -0.2) is 22.0 Å². The molecule has 4 aromatic rings. The lowest BCUT2D eigenvalue weighted by molar-refractivity contribution is 0.0988. The summed E-state index contributed by atoms with van der Waals surface area (Å²) < 4.78 is 2.14. The number of hydrogen-bond acceptors (Lipinski definition) is 2. The minimum atomic E-state index is 0.0396. The molecule has 1 aliphatic rings. The van der Waals surface area contributed by atoms with E-state index in [2.05, 4.69) is 41.0 Å². The topological polar surface area (TPSA) is 38.1 Å². The average molecular weight is 367 g/mol. The lowest BCUT2D eigenvalue weighted by Crippen LogP contribution is -2.30. The Morgan fingerprint density at radius 1 is 0.821 bits per heavy atom. The number of carbonyl (C=O) groups excluding carboxylic acids is 1. The molecule has 0 saturated heterocycles. The number of benzene rings is 3. The molecular weight excluding hydrogens is 346 g/mol. The number of para-hydroxylation sites is 2. The number of imidazole rings is 1. The highest BCUT2D eigenvalue weighted by atomic mass is 16.2. The first-order chi connectivity index (χ1) is 13.8. The first-order valence-electron chi connectivity index (χ1n) is 9.70. The second-order valence-electron chi connectivity index (χ2n) is 7.15. The Bertz CT molecular complexity index is 1150. The minimum Gasteiger partial charge on any atom is -0.308 e. The average Bonchev–Trinajstić information content (AvgIpc) is 3.32. The van der Waals surface area contributed by atoms with Gasteiger partial charge in [-0.05, 0) is 42.2 Å². The Morgan fingerprint density at radius 3 is 2.46 bits per heavy atom. The Kier molecular flexibility index (Phi) is 4.17. The fourth-order valence-corrected chi connectivity index (χ4v) is 4.00. The van der Waals surface area contributed by atoms with Crippen LogP contribution in [0, 0.1) is 0 Å². The van der Waals surface area contributed by atoms with E-state index in [1.165, 1.54) is 5.56 Å². The predicted molar refractivity (Wildman–Crippen MR) is 112 cm³/mol. The summed E-state index contributed by atoms with van der Waals surface area (Å²) in [5.41, 5.74) is 5.18. The molecule has 138 valence electrons. The van der Waals surface area contributed by atoms with E-state index in [-0.39, 0.29) is 5.91 Å². The van der Waals surface area contributed by atoms with Crippen LogP contribution in [0.25, 0.3) is 11.0 Å². The number of anilines is 1. The molecule has 2 heterocycles. The Morgan fingerprint density at radius 2 is 1.57 bits per heavy atom. The number of nitrogens with zero attached hydrogens (tertiary/aromatic N) is 3. The third-order valence-corrected chi connectivity index (χ3v) is 5.44. The van der Waals surface area contributed by atoms with Crippen LogP contribution < -0.4 is 4.90 Å². The van der Waals surface area contributed by atoms with Crippen molar-refractivity contribution in [2.24, 2.45) is 0 Å². The number of fused-ring (bicyclic) bond motifs is 3. The van der Waals surface area contributed by atoms with Crippen molar-refractivity contribution in [2.75, 3.05) is 11.4 Å². The highest BCUT2D eigenvalue weighted by Gasteiger charge is 2.29. The maximum Gasteiger partial charge on any atom is 0.260 e. The molecule has 0 unspecified atom stereocenters. The van der Waals surface area contributed by atoms with Crippen molar-refractivity contribution in [3.05, 3.63) is 95.6 Å². The molecule has 0 N–H and O–H groups in total. The maximum atomic E-state index is 13.4. The zero-order valence-electron chi connectivity index (χ0n) is 15.6. The van der Waals surface area contributed by atoms with Gasteiger partial charge >= 0.3 is 0 Å². The molecule has 0 spiro atoms. The molecule has 28 heavy (non-hydrogen) atoms. The minimum absolute atomic E-state index is 0.0396. The Balaban J connectivity index is 1.44. The smallest absolute Gasteiger partial charge is 0.260 e. The van der Waals surface area contributed by atoms with Crippen LogP contribution in [0.4, 0.5) is 5.95 Å². The zero-order chi connectivity index (χ0) is 18.9. The van der Waals surface area contributed by atoms with E-state index >= 15 is 0 Å². The standard InChI is InChI=1S/C24H21N3O/c28-23(27-17-16-26-22-13-7-6-12-21(22)25-24(26)27)20-11-5-4-10-19(20)15-14-18-8-2-1-3-9-18/h1-13H,14-17H2. The summed E-state index contributed by atoms with van der Waals surface area (Å²) >= 11 is 0. The van der Waals surface area contributed by atoms with Crippen LogP contribution in [0.3, 0.4) is 0 Å². The van der Waals surface area contributed by atoms with Gasteiger partial charge in [-0.1, -0.05) is 60.7 Å². The molecule has 0 bridgehead atoms. The van der Waals surface area contributed by atoms with Crippen molar-refractivity contribution in [1.82, 2.24) is 9.55 Å².